The smallest absolute Gasteiger partial charge is 0.275 e. The number of benzene rings is 2. The van der Waals surface area contributed by atoms with Gasteiger partial charge in [0.1, 0.15) is 5.75 Å². The van der Waals surface area contributed by atoms with Crippen LogP contribution in [0.1, 0.15) is 31.3 Å². The number of carbonyl (C=O) groups is 1. The lowest BCUT2D eigenvalue weighted by Crippen LogP contribution is -2.49. The number of carbonyl (C=O) groups excluding carboxylic acids is 1. The molecule has 1 aliphatic rings. The van der Waals surface area contributed by atoms with Crippen LogP contribution in [0.15, 0.2) is 51.7 Å². The molecule has 0 N–H and O–H groups in total. The fourth-order valence-corrected chi connectivity index (χ4v) is 4.18. The zero-order valence-corrected chi connectivity index (χ0v) is 20.6. The third-order valence-corrected chi connectivity index (χ3v) is 5.91. The van der Waals surface area contributed by atoms with Crippen LogP contribution in [-0.2, 0) is 6.54 Å². The van der Waals surface area contributed by atoms with Gasteiger partial charge in [-0.15, -0.1) is 0 Å². The monoisotopic (exact) mass is 500 g/mol. The number of ether oxygens (including phenoxy) is 1. The van der Waals surface area contributed by atoms with Crippen LogP contribution in [0.3, 0.4) is 0 Å². The summed E-state index contributed by atoms with van der Waals surface area (Å²) in [5.41, 5.74) is 1.16. The highest BCUT2D eigenvalue weighted by molar-refractivity contribution is 9.10. The molecular formula is C24H29BrN4O3. The molecule has 1 aliphatic heterocycles. The number of hydrogen-bond acceptors (Lipinski definition) is 5. The van der Waals surface area contributed by atoms with Crippen LogP contribution in [0.4, 0.5) is 5.69 Å². The highest BCUT2D eigenvalue weighted by atomic mass is 79.9. The largest absolute Gasteiger partial charge is 0.495 e. The van der Waals surface area contributed by atoms with Crippen molar-refractivity contribution in [3.8, 4) is 5.75 Å². The topological polar surface area (TPSA) is 67.7 Å². The molecule has 0 unspecified atom stereocenters. The molecule has 3 aromatic rings. The van der Waals surface area contributed by atoms with Crippen LogP contribution in [0.5, 0.6) is 5.75 Å². The Hall–Kier alpha value is -2.87. The third-order valence-electron chi connectivity index (χ3n) is 5.42. The number of anilines is 1. The van der Waals surface area contributed by atoms with E-state index in [1.165, 1.54) is 4.68 Å². The van der Waals surface area contributed by atoms with E-state index in [2.05, 4.69) is 25.9 Å². The highest BCUT2D eigenvalue weighted by Crippen LogP contribution is 2.29. The molecular weight excluding hydrogens is 472 g/mol. The SMILES string of the molecule is CC.CCn1nc(C(=O)N2CCN(c3ccccc3OC)CC2)c2cc(Br)ccc2c1=O. The summed E-state index contributed by atoms with van der Waals surface area (Å²) in [5.74, 6) is 0.671. The maximum absolute atomic E-state index is 13.4. The number of piperazine rings is 1. The molecule has 0 saturated carbocycles. The highest BCUT2D eigenvalue weighted by Gasteiger charge is 2.27. The van der Waals surface area contributed by atoms with Crippen LogP contribution in [0.2, 0.25) is 0 Å². The van der Waals surface area contributed by atoms with Gasteiger partial charge in [0.05, 0.1) is 18.2 Å². The molecule has 7 nitrogen and oxygen atoms in total. The molecule has 1 amide bonds. The van der Waals surface area contributed by atoms with Gasteiger partial charge in [0.25, 0.3) is 11.5 Å². The summed E-state index contributed by atoms with van der Waals surface area (Å²) in [6.45, 7) is 8.78. The Morgan fingerprint density at radius 3 is 2.41 bits per heavy atom. The first kappa shape index (κ1) is 23.8. The number of amides is 1. The predicted octanol–water partition coefficient (Wildman–Crippen LogP) is 4.18. The molecule has 2 aromatic carbocycles. The lowest BCUT2D eigenvalue weighted by molar-refractivity contribution is 0.0740. The van der Waals surface area contributed by atoms with Gasteiger partial charge >= 0.3 is 0 Å². The van der Waals surface area contributed by atoms with Gasteiger partial charge in [-0.2, -0.15) is 5.10 Å². The molecule has 1 aromatic heterocycles. The van der Waals surface area contributed by atoms with Crippen LogP contribution in [0, 0.1) is 0 Å². The molecule has 1 saturated heterocycles. The van der Waals surface area contributed by atoms with E-state index >= 15 is 0 Å². The zero-order valence-electron chi connectivity index (χ0n) is 19.0. The van der Waals surface area contributed by atoms with Gasteiger partial charge < -0.3 is 14.5 Å². The minimum Gasteiger partial charge on any atom is -0.495 e. The number of aryl methyl sites for hydroxylation is 1. The molecule has 32 heavy (non-hydrogen) atoms. The van der Waals surface area contributed by atoms with Gasteiger partial charge in [0.2, 0.25) is 0 Å². The number of para-hydroxylation sites is 2. The van der Waals surface area contributed by atoms with E-state index < -0.39 is 0 Å². The number of nitrogens with zero attached hydrogens (tertiary/aromatic N) is 4. The molecule has 1 fully saturated rings. The van der Waals surface area contributed by atoms with E-state index in [4.69, 9.17) is 4.74 Å². The van der Waals surface area contributed by atoms with Gasteiger partial charge in [0.15, 0.2) is 5.69 Å². The Morgan fingerprint density at radius 2 is 1.75 bits per heavy atom. The summed E-state index contributed by atoms with van der Waals surface area (Å²) in [4.78, 5) is 30.0. The Morgan fingerprint density at radius 1 is 1.06 bits per heavy atom. The van der Waals surface area contributed by atoms with Crippen LogP contribution >= 0.6 is 15.9 Å². The molecule has 0 spiro atoms. The first-order chi connectivity index (χ1) is 15.5. The summed E-state index contributed by atoms with van der Waals surface area (Å²) in [6.07, 6.45) is 0. The number of aromatic nitrogens is 2. The number of methoxy groups -OCH3 is 1. The third kappa shape index (κ3) is 4.65. The van der Waals surface area contributed by atoms with E-state index in [0.717, 1.165) is 15.9 Å². The Kier molecular flexibility index (Phi) is 7.90. The average Bonchev–Trinajstić information content (AvgIpc) is 2.85. The fraction of sp³-hybridized carbons (Fsp3) is 0.375. The minimum atomic E-state index is -0.183. The molecule has 0 bridgehead atoms. The Labute approximate surface area is 196 Å². The summed E-state index contributed by atoms with van der Waals surface area (Å²) >= 11 is 3.44. The molecule has 170 valence electrons. The fourth-order valence-electron chi connectivity index (χ4n) is 3.82. The van der Waals surface area contributed by atoms with Crippen molar-refractivity contribution in [2.75, 3.05) is 38.2 Å². The van der Waals surface area contributed by atoms with Crippen LogP contribution in [0.25, 0.3) is 10.8 Å². The molecule has 4 rings (SSSR count). The van der Waals surface area contributed by atoms with Crippen molar-refractivity contribution in [3.63, 3.8) is 0 Å². The van der Waals surface area contributed by atoms with Crippen LogP contribution in [-0.4, -0.2) is 53.9 Å². The molecule has 2 heterocycles. The van der Waals surface area contributed by atoms with Crippen molar-refractivity contribution in [2.24, 2.45) is 0 Å². The van der Waals surface area contributed by atoms with Gasteiger partial charge in [-0.1, -0.05) is 41.9 Å². The average molecular weight is 501 g/mol. The Balaban J connectivity index is 0.00000141. The second-order valence-corrected chi connectivity index (χ2v) is 8.03. The maximum atomic E-state index is 13.4. The molecule has 0 radical (unpaired) electrons. The lowest BCUT2D eigenvalue weighted by Gasteiger charge is -2.36. The van der Waals surface area contributed by atoms with Crippen molar-refractivity contribution in [1.82, 2.24) is 14.7 Å². The predicted molar refractivity (Wildman–Crippen MR) is 132 cm³/mol. The Bertz CT molecular complexity index is 1150. The molecule has 8 heteroatoms. The van der Waals surface area contributed by atoms with E-state index in [0.29, 0.717) is 49.2 Å². The van der Waals surface area contributed by atoms with Crippen molar-refractivity contribution in [1.29, 1.82) is 0 Å². The summed E-state index contributed by atoms with van der Waals surface area (Å²) in [6, 6.07) is 13.2. The molecule has 0 aliphatic carbocycles. The van der Waals surface area contributed by atoms with Gasteiger partial charge in [-0.25, -0.2) is 4.68 Å². The standard InChI is InChI=1S/C22H23BrN4O3.C2H6/c1-3-27-21(28)16-9-8-15(23)14-17(16)20(24-27)22(29)26-12-10-25(11-13-26)18-6-4-5-7-19(18)30-2;1-2/h4-9,14H,3,10-13H2,1-2H3;1-2H3. The number of rotatable bonds is 4. The van der Waals surface area contributed by atoms with Crippen molar-refractivity contribution < 1.29 is 9.53 Å². The number of halogens is 1. The first-order valence-corrected chi connectivity index (χ1v) is 11.7. The number of fused-ring (bicyclic) bond motifs is 1. The van der Waals surface area contributed by atoms with E-state index in [-0.39, 0.29) is 11.5 Å². The van der Waals surface area contributed by atoms with Crippen molar-refractivity contribution >= 4 is 38.3 Å². The summed E-state index contributed by atoms with van der Waals surface area (Å²) in [5, 5.41) is 5.48. The normalized spacial score (nSPS) is 13.5. The minimum absolute atomic E-state index is 0.153. The van der Waals surface area contributed by atoms with Crippen LogP contribution < -0.4 is 15.2 Å². The first-order valence-electron chi connectivity index (χ1n) is 10.9. The maximum Gasteiger partial charge on any atom is 0.275 e. The summed E-state index contributed by atoms with van der Waals surface area (Å²) in [7, 11) is 1.66. The quantitative estimate of drug-likeness (QED) is 0.537. The molecule has 0 atom stereocenters. The summed E-state index contributed by atoms with van der Waals surface area (Å²) < 4.78 is 7.63. The second kappa shape index (κ2) is 10.6. The van der Waals surface area contributed by atoms with E-state index in [9.17, 15) is 9.59 Å². The number of hydrogen-bond donors (Lipinski definition) is 0. The van der Waals surface area contributed by atoms with Crippen molar-refractivity contribution in [3.05, 3.63) is 63.0 Å². The van der Waals surface area contributed by atoms with E-state index in [1.54, 1.807) is 24.1 Å². The van der Waals surface area contributed by atoms with Gasteiger partial charge in [-0.05, 0) is 37.3 Å². The van der Waals surface area contributed by atoms with E-state index in [1.807, 2.05) is 51.1 Å². The van der Waals surface area contributed by atoms with Gasteiger partial charge in [0, 0.05) is 42.6 Å². The zero-order chi connectivity index (χ0) is 23.3. The van der Waals surface area contributed by atoms with Gasteiger partial charge in [-0.3, -0.25) is 9.59 Å². The second-order valence-electron chi connectivity index (χ2n) is 7.11. The van der Waals surface area contributed by atoms with Crippen molar-refractivity contribution in [2.45, 2.75) is 27.3 Å². The lowest BCUT2D eigenvalue weighted by atomic mass is 10.1.